The molecule has 2 rings (SSSR count). The van der Waals surface area contributed by atoms with Gasteiger partial charge in [0.2, 0.25) is 0 Å². The van der Waals surface area contributed by atoms with E-state index in [9.17, 15) is 9.50 Å². The van der Waals surface area contributed by atoms with Gasteiger partial charge in [-0.2, -0.15) is 0 Å². The number of hydrogen-bond donors (Lipinski definition) is 1. The number of aryl methyl sites for hydroxylation is 1. The van der Waals surface area contributed by atoms with Crippen LogP contribution in [0.25, 0.3) is 0 Å². The molecule has 1 atom stereocenters. The maximum absolute atomic E-state index is 14.0. The molecule has 0 amide bonds. The number of aromatic nitrogens is 2. The molecule has 2 aromatic rings. The fourth-order valence-corrected chi connectivity index (χ4v) is 2.11. The highest BCUT2D eigenvalue weighted by molar-refractivity contribution is 5.55. The first-order chi connectivity index (χ1) is 9.00. The molecule has 4 nitrogen and oxygen atoms in total. The molecule has 0 saturated carbocycles. The van der Waals surface area contributed by atoms with Gasteiger partial charge in [-0.15, -0.1) is 0 Å². The van der Waals surface area contributed by atoms with Crippen LogP contribution in [0, 0.1) is 5.82 Å². The molecule has 0 radical (unpaired) electrons. The minimum absolute atomic E-state index is 0.338. The lowest BCUT2D eigenvalue weighted by atomic mass is 10.1. The summed E-state index contributed by atoms with van der Waals surface area (Å²) in [7, 11) is 3.69. The SMILES string of the molecule is CC(O)c1cccc(F)c1N(C)Cc1nccn1C. The zero-order chi connectivity index (χ0) is 14.0. The Labute approximate surface area is 112 Å². The largest absolute Gasteiger partial charge is 0.389 e. The van der Waals surface area contributed by atoms with Crippen molar-refractivity contribution in [1.29, 1.82) is 0 Å². The predicted octanol–water partition coefficient (Wildman–Crippen LogP) is 2.25. The van der Waals surface area contributed by atoms with Gasteiger partial charge in [-0.25, -0.2) is 9.37 Å². The van der Waals surface area contributed by atoms with Crippen molar-refractivity contribution in [3.05, 3.63) is 47.8 Å². The molecule has 0 fully saturated rings. The van der Waals surface area contributed by atoms with Gasteiger partial charge in [-0.3, -0.25) is 0 Å². The molecular weight excluding hydrogens is 245 g/mol. The number of para-hydroxylation sites is 1. The van der Waals surface area contributed by atoms with Gasteiger partial charge in [0.05, 0.1) is 18.3 Å². The molecule has 0 bridgehead atoms. The van der Waals surface area contributed by atoms with Crippen molar-refractivity contribution in [3.63, 3.8) is 0 Å². The van der Waals surface area contributed by atoms with E-state index in [1.165, 1.54) is 6.07 Å². The summed E-state index contributed by atoms with van der Waals surface area (Å²) in [5.41, 5.74) is 0.997. The second-order valence-electron chi connectivity index (χ2n) is 4.66. The second kappa shape index (κ2) is 5.40. The van der Waals surface area contributed by atoms with Gasteiger partial charge in [0, 0.05) is 32.1 Å². The van der Waals surface area contributed by atoms with Gasteiger partial charge >= 0.3 is 0 Å². The molecule has 0 aliphatic rings. The van der Waals surface area contributed by atoms with Gasteiger partial charge in [-0.1, -0.05) is 12.1 Å². The Morgan fingerprint density at radius 3 is 2.79 bits per heavy atom. The third kappa shape index (κ3) is 2.76. The number of aliphatic hydroxyl groups is 1. The van der Waals surface area contributed by atoms with E-state index in [2.05, 4.69) is 4.98 Å². The van der Waals surface area contributed by atoms with E-state index in [1.54, 1.807) is 37.2 Å². The average molecular weight is 263 g/mol. The molecule has 0 saturated heterocycles. The summed E-state index contributed by atoms with van der Waals surface area (Å²) < 4.78 is 15.9. The maximum atomic E-state index is 14.0. The topological polar surface area (TPSA) is 41.3 Å². The zero-order valence-corrected chi connectivity index (χ0v) is 11.3. The van der Waals surface area contributed by atoms with E-state index < -0.39 is 6.10 Å². The third-order valence-electron chi connectivity index (χ3n) is 3.15. The second-order valence-corrected chi connectivity index (χ2v) is 4.66. The molecule has 0 aliphatic heterocycles. The Kier molecular flexibility index (Phi) is 3.85. The lowest BCUT2D eigenvalue weighted by Crippen LogP contribution is -2.22. The van der Waals surface area contributed by atoms with Crippen LogP contribution in [0.15, 0.2) is 30.6 Å². The van der Waals surface area contributed by atoms with Crippen molar-refractivity contribution >= 4 is 5.69 Å². The molecule has 1 unspecified atom stereocenters. The molecule has 0 spiro atoms. The lowest BCUT2D eigenvalue weighted by molar-refractivity contribution is 0.199. The smallest absolute Gasteiger partial charge is 0.146 e. The number of nitrogens with zero attached hydrogens (tertiary/aromatic N) is 3. The number of rotatable bonds is 4. The van der Waals surface area contributed by atoms with E-state index in [0.29, 0.717) is 17.8 Å². The van der Waals surface area contributed by atoms with Crippen molar-refractivity contribution < 1.29 is 9.50 Å². The molecule has 1 N–H and O–H groups in total. The van der Waals surface area contributed by atoms with Gasteiger partial charge in [0.1, 0.15) is 11.6 Å². The maximum Gasteiger partial charge on any atom is 0.146 e. The fraction of sp³-hybridized carbons (Fsp3) is 0.357. The highest BCUT2D eigenvalue weighted by Gasteiger charge is 2.17. The van der Waals surface area contributed by atoms with Crippen LogP contribution in [0.3, 0.4) is 0 Å². The summed E-state index contributed by atoms with van der Waals surface area (Å²) in [5, 5.41) is 9.74. The fourth-order valence-electron chi connectivity index (χ4n) is 2.11. The first kappa shape index (κ1) is 13.5. The van der Waals surface area contributed by atoms with Crippen molar-refractivity contribution in [2.45, 2.75) is 19.6 Å². The molecule has 0 aliphatic carbocycles. The van der Waals surface area contributed by atoms with Crippen LogP contribution in [0.2, 0.25) is 0 Å². The van der Waals surface area contributed by atoms with Crippen LogP contribution in [-0.4, -0.2) is 21.7 Å². The average Bonchev–Trinajstić information content (AvgIpc) is 2.74. The number of aliphatic hydroxyl groups excluding tert-OH is 1. The number of halogens is 1. The van der Waals surface area contributed by atoms with E-state index in [0.717, 1.165) is 5.82 Å². The first-order valence-corrected chi connectivity index (χ1v) is 6.14. The van der Waals surface area contributed by atoms with E-state index in [4.69, 9.17) is 0 Å². The molecule has 1 aromatic carbocycles. The van der Waals surface area contributed by atoms with Crippen LogP contribution in [0.5, 0.6) is 0 Å². The minimum atomic E-state index is -0.713. The van der Waals surface area contributed by atoms with Crippen molar-refractivity contribution in [1.82, 2.24) is 9.55 Å². The standard InChI is InChI=1S/C14H18FN3O/c1-10(19)11-5-4-6-12(15)14(11)18(3)9-13-16-7-8-17(13)2/h4-8,10,19H,9H2,1-3H3. The highest BCUT2D eigenvalue weighted by atomic mass is 19.1. The molecule has 1 heterocycles. The minimum Gasteiger partial charge on any atom is -0.389 e. The Morgan fingerprint density at radius 1 is 1.47 bits per heavy atom. The van der Waals surface area contributed by atoms with E-state index >= 15 is 0 Å². The van der Waals surface area contributed by atoms with Crippen LogP contribution in [0.4, 0.5) is 10.1 Å². The Bertz CT molecular complexity index is 566. The monoisotopic (exact) mass is 263 g/mol. The summed E-state index contributed by atoms with van der Waals surface area (Å²) in [6, 6.07) is 4.74. The van der Waals surface area contributed by atoms with Crippen molar-refractivity contribution in [3.8, 4) is 0 Å². The number of anilines is 1. The predicted molar refractivity (Wildman–Crippen MR) is 72.3 cm³/mol. The summed E-state index contributed by atoms with van der Waals surface area (Å²) in [6.07, 6.45) is 2.84. The summed E-state index contributed by atoms with van der Waals surface area (Å²) in [5.74, 6) is 0.498. The van der Waals surface area contributed by atoms with Crippen molar-refractivity contribution in [2.75, 3.05) is 11.9 Å². The summed E-state index contributed by atoms with van der Waals surface area (Å²) in [6.45, 7) is 2.11. The number of hydrogen-bond acceptors (Lipinski definition) is 3. The van der Waals surface area contributed by atoms with E-state index in [1.807, 2.05) is 17.8 Å². The Hall–Kier alpha value is -1.88. The van der Waals surface area contributed by atoms with Gasteiger partial charge in [0.15, 0.2) is 0 Å². The third-order valence-corrected chi connectivity index (χ3v) is 3.15. The summed E-state index contributed by atoms with van der Waals surface area (Å²) >= 11 is 0. The Balaban J connectivity index is 2.33. The molecule has 1 aromatic heterocycles. The van der Waals surface area contributed by atoms with Crippen LogP contribution < -0.4 is 4.90 Å². The molecular formula is C14H18FN3O. The van der Waals surface area contributed by atoms with Crippen LogP contribution in [-0.2, 0) is 13.6 Å². The number of imidazole rings is 1. The van der Waals surface area contributed by atoms with Gasteiger partial charge in [-0.05, 0) is 13.0 Å². The normalized spacial score (nSPS) is 12.5. The van der Waals surface area contributed by atoms with Gasteiger partial charge in [0.25, 0.3) is 0 Å². The van der Waals surface area contributed by atoms with Crippen LogP contribution >= 0.6 is 0 Å². The molecule has 19 heavy (non-hydrogen) atoms. The van der Waals surface area contributed by atoms with Gasteiger partial charge < -0.3 is 14.6 Å². The number of benzene rings is 1. The van der Waals surface area contributed by atoms with Crippen molar-refractivity contribution in [2.24, 2.45) is 7.05 Å². The Morgan fingerprint density at radius 2 is 2.21 bits per heavy atom. The molecule has 5 heteroatoms. The van der Waals surface area contributed by atoms with Crippen LogP contribution in [0.1, 0.15) is 24.4 Å². The lowest BCUT2D eigenvalue weighted by Gasteiger charge is -2.23. The quantitative estimate of drug-likeness (QED) is 0.920. The molecule has 102 valence electrons. The summed E-state index contributed by atoms with van der Waals surface area (Å²) in [4.78, 5) is 5.99. The zero-order valence-electron chi connectivity index (χ0n) is 11.3. The van der Waals surface area contributed by atoms with E-state index in [-0.39, 0.29) is 5.82 Å². The first-order valence-electron chi connectivity index (χ1n) is 6.14. The highest BCUT2D eigenvalue weighted by Crippen LogP contribution is 2.29.